The first-order valence-electron chi connectivity index (χ1n) is 17.6. The van der Waals surface area contributed by atoms with Crippen LogP contribution in [-0.2, 0) is 20.3 Å². The number of hydrogen-bond donors (Lipinski definition) is 5. The van der Waals surface area contributed by atoms with Crippen LogP contribution in [0.15, 0.2) is 53.7 Å². The average molecular weight is 776 g/mol. The Kier molecular flexibility index (Phi) is 11.9. The van der Waals surface area contributed by atoms with Crippen LogP contribution in [0.5, 0.6) is 0 Å². The third kappa shape index (κ3) is 8.53. The minimum absolute atomic E-state index is 0.0745. The zero-order valence-electron chi connectivity index (χ0n) is 31.6. The lowest BCUT2D eigenvalue weighted by molar-refractivity contribution is -0.117. The molecule has 1 fully saturated rings. The number of fused-ring (bicyclic) bond motifs is 3. The lowest BCUT2D eigenvalue weighted by atomic mass is 9.73. The van der Waals surface area contributed by atoms with Crippen molar-refractivity contribution in [1.29, 1.82) is 0 Å². The molecule has 2 aliphatic rings. The first kappa shape index (κ1) is 41.8. The van der Waals surface area contributed by atoms with E-state index in [1.54, 1.807) is 25.2 Å². The number of carbonyl (C=O) groups excluding carboxylic acids is 3. The van der Waals surface area contributed by atoms with Gasteiger partial charge in [-0.15, -0.1) is 10.2 Å². The van der Waals surface area contributed by atoms with E-state index in [-0.39, 0.29) is 51.1 Å². The molecule has 2 unspecified atom stereocenters. The number of carbonyl (C=O) groups is 3. The van der Waals surface area contributed by atoms with Gasteiger partial charge in [0.25, 0.3) is 11.8 Å². The quantitative estimate of drug-likeness (QED) is 0.107. The summed E-state index contributed by atoms with van der Waals surface area (Å²) in [7, 11) is 16.3. The molecule has 17 nitrogen and oxygen atoms in total. The molecule has 3 aromatic heterocycles. The van der Waals surface area contributed by atoms with Crippen molar-refractivity contribution in [2.75, 3.05) is 35.4 Å². The highest BCUT2D eigenvalue weighted by atomic mass is 32.2. The normalized spacial score (nSPS) is 15.9. The van der Waals surface area contributed by atoms with Gasteiger partial charge >= 0.3 is 0 Å². The van der Waals surface area contributed by atoms with Crippen molar-refractivity contribution in [2.24, 2.45) is 5.92 Å². The Labute approximate surface area is 328 Å². The maximum absolute atomic E-state index is 13.7. The summed E-state index contributed by atoms with van der Waals surface area (Å²) >= 11 is 0. The number of para-hydroxylation sites is 1. The van der Waals surface area contributed by atoms with E-state index in [0.29, 0.717) is 28.3 Å². The van der Waals surface area contributed by atoms with Gasteiger partial charge in [-0.25, -0.2) is 13.4 Å². The predicted octanol–water partition coefficient (Wildman–Crippen LogP) is 1.47. The largest absolute Gasteiger partial charge is 0.390 e. The second-order valence-corrected chi connectivity index (χ2v) is 15.3. The molecule has 0 spiro atoms. The predicted molar refractivity (Wildman–Crippen MR) is 210 cm³/mol. The number of nitrogens with one attached hydrogen (secondary N) is 3. The molecule has 0 saturated heterocycles. The van der Waals surface area contributed by atoms with E-state index in [4.69, 9.17) is 23.5 Å². The molecule has 3 amide bonds. The van der Waals surface area contributed by atoms with Crippen LogP contribution in [0.25, 0.3) is 11.3 Å². The van der Waals surface area contributed by atoms with E-state index in [1.807, 2.05) is 31.0 Å². The van der Waals surface area contributed by atoms with Crippen molar-refractivity contribution in [1.82, 2.24) is 35.4 Å². The monoisotopic (exact) mass is 776 g/mol. The van der Waals surface area contributed by atoms with E-state index in [1.165, 1.54) is 38.5 Å². The standard InChI is InChI=1S/C33H33B3N10O7S.C2H6/c1-5-54(52,53)18-11-12-37-23(13-18)32(34,50)46(4)31(49)22-15-38-26-19-7-6-8-20(28(19)45(3)16(2)25(26)40-22)39-21-14-24(41-29(47)17-9-10-17)43-44-27(21)30(48)42-33(35,36)51;1-2/h6-8,11-17,50-51H,5,9-10H2,1-4H3,(H,42,48)(H2,39,41,43,47);1-2H3. The molecule has 56 heavy (non-hydrogen) atoms. The molecule has 6 radical (unpaired) electrons. The molecule has 1 aromatic carbocycles. The molecule has 4 heterocycles. The first-order chi connectivity index (χ1) is 26.3. The Morgan fingerprint density at radius 2 is 1.73 bits per heavy atom. The molecule has 1 saturated carbocycles. The third-order valence-electron chi connectivity index (χ3n) is 9.09. The number of amides is 3. The number of nitrogens with zero attached hydrogens (tertiary/aromatic N) is 7. The van der Waals surface area contributed by atoms with Gasteiger partial charge in [-0.2, -0.15) is 0 Å². The van der Waals surface area contributed by atoms with E-state index < -0.39 is 38.8 Å². The number of aromatic nitrogens is 5. The second-order valence-electron chi connectivity index (χ2n) is 13.0. The second kappa shape index (κ2) is 16.0. The van der Waals surface area contributed by atoms with Gasteiger partial charge in [0, 0.05) is 43.4 Å². The Hall–Kier alpha value is -5.40. The molecule has 1 aliphatic carbocycles. The fourth-order valence-electron chi connectivity index (χ4n) is 5.74. The summed E-state index contributed by atoms with van der Waals surface area (Å²) in [6.07, 6.45) is 3.91. The summed E-state index contributed by atoms with van der Waals surface area (Å²) < 4.78 is 24.9. The maximum atomic E-state index is 13.7. The van der Waals surface area contributed by atoms with E-state index in [9.17, 15) is 33.0 Å². The van der Waals surface area contributed by atoms with Crippen molar-refractivity contribution < 1.29 is 33.0 Å². The van der Waals surface area contributed by atoms with E-state index >= 15 is 0 Å². The molecule has 1 aliphatic heterocycles. The zero-order valence-corrected chi connectivity index (χ0v) is 32.4. The number of benzene rings is 1. The summed E-state index contributed by atoms with van der Waals surface area (Å²) in [5.74, 6) is -2.26. The van der Waals surface area contributed by atoms with Gasteiger partial charge < -0.3 is 36.0 Å². The average Bonchev–Trinajstić information content (AvgIpc) is 4.03. The Bertz CT molecular complexity index is 2290. The molecule has 6 rings (SSSR count). The highest BCUT2D eigenvalue weighted by Gasteiger charge is 2.37. The number of aliphatic hydroxyl groups is 2. The molecule has 4 aromatic rings. The number of rotatable bonds is 11. The highest BCUT2D eigenvalue weighted by Crippen LogP contribution is 2.47. The molecular formula is C35H39B3N10O7S. The van der Waals surface area contributed by atoms with Gasteiger partial charge in [-0.05, 0) is 38.0 Å². The Morgan fingerprint density at radius 1 is 1.04 bits per heavy atom. The topological polar surface area (TPSA) is 233 Å². The molecular weight excluding hydrogens is 737 g/mol. The van der Waals surface area contributed by atoms with Crippen LogP contribution in [0.4, 0.5) is 22.9 Å². The zero-order chi connectivity index (χ0) is 41.3. The Morgan fingerprint density at radius 3 is 2.38 bits per heavy atom. The SMILES string of the molecule is CC.[B]C([B])(O)NC(=O)c1nnc(NC(=O)C2CC2)cc1Nc1cccc2c1N(C)C(C)c1nc(C(=O)N(C)C([B])(O)c3cc(S(=O)(=O)CC)ccn3)cnc1-2. The molecule has 21 heteroatoms. The van der Waals surface area contributed by atoms with Gasteiger partial charge in [0.15, 0.2) is 29.2 Å². The van der Waals surface area contributed by atoms with Crippen LogP contribution in [0, 0.1) is 5.92 Å². The number of anilines is 4. The van der Waals surface area contributed by atoms with Crippen LogP contribution < -0.4 is 20.9 Å². The van der Waals surface area contributed by atoms with Crippen molar-refractivity contribution in [3.8, 4) is 11.3 Å². The highest BCUT2D eigenvalue weighted by molar-refractivity contribution is 7.91. The number of pyridine rings is 1. The molecule has 2 atom stereocenters. The summed E-state index contributed by atoms with van der Waals surface area (Å²) in [4.78, 5) is 55.0. The summed E-state index contributed by atoms with van der Waals surface area (Å²) in [5.41, 5.74) is -3.18. The van der Waals surface area contributed by atoms with Crippen molar-refractivity contribution >= 4 is 74.0 Å². The van der Waals surface area contributed by atoms with Crippen LogP contribution in [0.2, 0.25) is 0 Å². The fourth-order valence-corrected chi connectivity index (χ4v) is 6.64. The van der Waals surface area contributed by atoms with Gasteiger partial charge in [0.1, 0.15) is 27.0 Å². The van der Waals surface area contributed by atoms with Crippen molar-refractivity contribution in [3.05, 3.63) is 71.6 Å². The minimum Gasteiger partial charge on any atom is -0.390 e. The van der Waals surface area contributed by atoms with Crippen molar-refractivity contribution in [3.63, 3.8) is 0 Å². The third-order valence-corrected chi connectivity index (χ3v) is 10.8. The van der Waals surface area contributed by atoms with Crippen LogP contribution in [0.1, 0.15) is 78.9 Å². The maximum Gasteiger partial charge on any atom is 0.275 e. The van der Waals surface area contributed by atoms with Crippen LogP contribution in [-0.4, -0.2) is 115 Å². The molecule has 0 bridgehead atoms. The number of hydrogen-bond acceptors (Lipinski definition) is 14. The molecule has 5 N–H and O–H groups in total. The number of sulfone groups is 1. The van der Waals surface area contributed by atoms with Crippen molar-refractivity contribution in [2.45, 2.75) is 62.6 Å². The Balaban J connectivity index is 0.00000295. The van der Waals surface area contributed by atoms with E-state index in [2.05, 4.69) is 35.8 Å². The van der Waals surface area contributed by atoms with Gasteiger partial charge in [0.2, 0.25) is 5.91 Å². The van der Waals surface area contributed by atoms with Gasteiger partial charge in [-0.1, -0.05) is 32.9 Å². The lowest BCUT2D eigenvalue weighted by Crippen LogP contribution is -2.49. The van der Waals surface area contributed by atoms with Crippen LogP contribution >= 0.6 is 0 Å². The van der Waals surface area contributed by atoms with E-state index in [0.717, 1.165) is 23.8 Å². The van der Waals surface area contributed by atoms with Gasteiger partial charge in [-0.3, -0.25) is 24.4 Å². The van der Waals surface area contributed by atoms with Gasteiger partial charge in [0.05, 0.1) is 57.0 Å². The fraction of sp³-hybridized carbons (Fsp3) is 0.371. The van der Waals surface area contributed by atoms with Crippen LogP contribution in [0.3, 0.4) is 0 Å². The smallest absolute Gasteiger partial charge is 0.275 e. The minimum atomic E-state index is -3.66. The lowest BCUT2D eigenvalue weighted by Gasteiger charge is -2.37. The summed E-state index contributed by atoms with van der Waals surface area (Å²) in [5, 5.41) is 36.9. The first-order valence-corrected chi connectivity index (χ1v) is 19.3. The summed E-state index contributed by atoms with van der Waals surface area (Å²) in [6.45, 7) is 7.30. The summed E-state index contributed by atoms with van der Waals surface area (Å²) in [6, 6.07) is 8.54. The molecule has 286 valence electrons.